The van der Waals surface area contributed by atoms with E-state index < -0.39 is 11.6 Å². The first-order valence-electron chi connectivity index (χ1n) is 9.16. The van der Waals surface area contributed by atoms with E-state index in [9.17, 15) is 13.6 Å². The van der Waals surface area contributed by atoms with Crippen molar-refractivity contribution in [2.75, 3.05) is 13.1 Å². The van der Waals surface area contributed by atoms with E-state index >= 15 is 0 Å². The Labute approximate surface area is 165 Å². The van der Waals surface area contributed by atoms with Crippen LogP contribution in [0.1, 0.15) is 39.7 Å². The van der Waals surface area contributed by atoms with E-state index in [0.717, 1.165) is 29.5 Å². The van der Waals surface area contributed by atoms with Gasteiger partial charge in [-0.25, -0.2) is 8.78 Å². The number of carbonyl (C=O) groups excluding carboxylic acids is 1. The molecular weight excluding hydrogens is 380 g/mol. The van der Waals surface area contributed by atoms with E-state index in [1.807, 2.05) is 36.1 Å². The molecule has 1 saturated heterocycles. The van der Waals surface area contributed by atoms with Gasteiger partial charge in [0.15, 0.2) is 5.01 Å². The fraction of sp³-hybridized carbons (Fsp3) is 0.286. The quantitative estimate of drug-likeness (QED) is 0.635. The molecule has 1 aliphatic heterocycles. The fourth-order valence-electron chi connectivity index (χ4n) is 3.38. The minimum absolute atomic E-state index is 0.0461. The number of amides is 1. The lowest BCUT2D eigenvalue weighted by Crippen LogP contribution is -2.37. The molecule has 0 spiro atoms. The highest BCUT2D eigenvalue weighted by atomic mass is 32.1. The number of aromatic nitrogens is 2. The summed E-state index contributed by atoms with van der Waals surface area (Å²) in [7, 11) is 0. The predicted molar refractivity (Wildman–Crippen MR) is 104 cm³/mol. The maximum absolute atomic E-state index is 14.0. The number of piperidine rings is 1. The highest BCUT2D eigenvalue weighted by Crippen LogP contribution is 2.34. The third-order valence-corrected chi connectivity index (χ3v) is 6.15. The van der Waals surface area contributed by atoms with Gasteiger partial charge in [0.2, 0.25) is 0 Å². The lowest BCUT2D eigenvalue weighted by Gasteiger charge is -2.31. The molecule has 0 aliphatic carbocycles. The Bertz CT molecular complexity index is 995. The molecule has 4 rings (SSSR count). The molecule has 0 N–H and O–H groups in total. The maximum Gasteiger partial charge on any atom is 0.253 e. The zero-order chi connectivity index (χ0) is 19.7. The van der Waals surface area contributed by atoms with Crippen molar-refractivity contribution in [3.63, 3.8) is 0 Å². The molecule has 3 aromatic rings. The first-order chi connectivity index (χ1) is 13.5. The number of likely N-dealkylation sites (tertiary alicyclic amines) is 1. The van der Waals surface area contributed by atoms with Crippen LogP contribution in [0.5, 0.6) is 0 Å². The van der Waals surface area contributed by atoms with Crippen LogP contribution in [0.2, 0.25) is 0 Å². The van der Waals surface area contributed by atoms with Crippen LogP contribution in [0.4, 0.5) is 8.78 Å². The summed E-state index contributed by atoms with van der Waals surface area (Å²) in [4.78, 5) is 14.5. The molecule has 0 bridgehead atoms. The summed E-state index contributed by atoms with van der Waals surface area (Å²) < 4.78 is 27.1. The average Bonchev–Trinajstić information content (AvgIpc) is 3.18. The van der Waals surface area contributed by atoms with Gasteiger partial charge in [0.05, 0.1) is 0 Å². The fourth-order valence-corrected chi connectivity index (χ4v) is 4.42. The molecule has 2 aromatic carbocycles. The van der Waals surface area contributed by atoms with Crippen LogP contribution in [0, 0.1) is 18.6 Å². The minimum Gasteiger partial charge on any atom is -0.339 e. The molecule has 2 heterocycles. The second-order valence-corrected chi connectivity index (χ2v) is 8.01. The second kappa shape index (κ2) is 7.75. The summed E-state index contributed by atoms with van der Waals surface area (Å²) >= 11 is 1.33. The van der Waals surface area contributed by atoms with Gasteiger partial charge >= 0.3 is 0 Å². The van der Waals surface area contributed by atoms with Crippen molar-refractivity contribution in [3.05, 3.63) is 70.2 Å². The first kappa shape index (κ1) is 18.7. The Morgan fingerprint density at radius 1 is 1.07 bits per heavy atom. The van der Waals surface area contributed by atoms with E-state index in [1.54, 1.807) is 0 Å². The van der Waals surface area contributed by atoms with Crippen LogP contribution in [-0.2, 0) is 0 Å². The Kier molecular flexibility index (Phi) is 5.17. The first-order valence-corrected chi connectivity index (χ1v) is 9.97. The number of nitrogens with zero attached hydrogens (tertiary/aromatic N) is 3. The van der Waals surface area contributed by atoms with Crippen LogP contribution < -0.4 is 0 Å². The van der Waals surface area contributed by atoms with E-state index in [1.165, 1.54) is 23.5 Å². The number of hydrogen-bond acceptors (Lipinski definition) is 4. The SMILES string of the molecule is Cc1ccc(C(=O)N2CCC(c3nnc(-c4ccc(F)cc4F)s3)CC2)cc1. The number of rotatable bonds is 3. The highest BCUT2D eigenvalue weighted by Gasteiger charge is 2.27. The van der Waals surface area contributed by atoms with Crippen molar-refractivity contribution in [3.8, 4) is 10.6 Å². The minimum atomic E-state index is -0.638. The van der Waals surface area contributed by atoms with Crippen molar-refractivity contribution in [2.45, 2.75) is 25.7 Å². The van der Waals surface area contributed by atoms with Gasteiger partial charge in [0, 0.05) is 36.2 Å². The van der Waals surface area contributed by atoms with Gasteiger partial charge in [-0.3, -0.25) is 4.79 Å². The number of aryl methyl sites for hydroxylation is 1. The van der Waals surface area contributed by atoms with Gasteiger partial charge in [-0.05, 0) is 44.0 Å². The summed E-state index contributed by atoms with van der Waals surface area (Å²) in [5, 5.41) is 9.59. The molecule has 0 unspecified atom stereocenters. The highest BCUT2D eigenvalue weighted by molar-refractivity contribution is 7.14. The largest absolute Gasteiger partial charge is 0.339 e. The van der Waals surface area contributed by atoms with Crippen molar-refractivity contribution in [1.82, 2.24) is 15.1 Å². The molecular formula is C21H19F2N3OS. The molecule has 144 valence electrons. The summed E-state index contributed by atoms with van der Waals surface area (Å²) in [5.41, 5.74) is 2.09. The third kappa shape index (κ3) is 3.80. The lowest BCUT2D eigenvalue weighted by molar-refractivity contribution is 0.0713. The lowest BCUT2D eigenvalue weighted by atomic mass is 9.97. The summed E-state index contributed by atoms with van der Waals surface area (Å²) in [6.07, 6.45) is 1.58. The van der Waals surface area contributed by atoms with Crippen molar-refractivity contribution in [2.24, 2.45) is 0 Å². The zero-order valence-corrected chi connectivity index (χ0v) is 16.2. The van der Waals surface area contributed by atoms with Gasteiger partial charge in [0.25, 0.3) is 5.91 Å². The van der Waals surface area contributed by atoms with Gasteiger partial charge in [-0.2, -0.15) is 0 Å². The van der Waals surface area contributed by atoms with Crippen LogP contribution in [0.25, 0.3) is 10.6 Å². The summed E-state index contributed by atoms with van der Waals surface area (Å²) in [6.45, 7) is 3.29. The van der Waals surface area contributed by atoms with Crippen LogP contribution >= 0.6 is 11.3 Å². The molecule has 1 aliphatic rings. The summed E-state index contributed by atoms with van der Waals surface area (Å²) in [5.74, 6) is -1.01. The Hall–Kier alpha value is -2.67. The van der Waals surface area contributed by atoms with Gasteiger partial charge in [-0.1, -0.05) is 29.0 Å². The van der Waals surface area contributed by atoms with Crippen molar-refractivity contribution >= 4 is 17.2 Å². The monoisotopic (exact) mass is 399 g/mol. The zero-order valence-electron chi connectivity index (χ0n) is 15.4. The predicted octanol–water partition coefficient (Wildman–Crippen LogP) is 4.81. The number of hydrogen-bond donors (Lipinski definition) is 0. The van der Waals surface area contributed by atoms with Crippen LogP contribution in [0.3, 0.4) is 0 Å². The Balaban J connectivity index is 1.42. The molecule has 0 atom stereocenters. The molecule has 1 fully saturated rings. The summed E-state index contributed by atoms with van der Waals surface area (Å²) in [6, 6.07) is 11.1. The standard InChI is InChI=1S/C21H19F2N3OS/c1-13-2-4-15(5-3-13)21(27)26-10-8-14(9-11-26)19-24-25-20(28-19)17-7-6-16(22)12-18(17)23/h2-7,12,14H,8-11H2,1H3. The van der Waals surface area contributed by atoms with E-state index in [4.69, 9.17) is 0 Å². The van der Waals surface area contributed by atoms with Crippen molar-refractivity contribution < 1.29 is 13.6 Å². The Morgan fingerprint density at radius 2 is 1.79 bits per heavy atom. The van der Waals surface area contributed by atoms with Crippen LogP contribution in [-0.4, -0.2) is 34.1 Å². The maximum atomic E-state index is 14.0. The molecule has 1 amide bonds. The molecule has 0 saturated carbocycles. The van der Waals surface area contributed by atoms with Gasteiger partial charge in [0.1, 0.15) is 16.6 Å². The third-order valence-electron chi connectivity index (χ3n) is 5.03. The Morgan fingerprint density at radius 3 is 2.46 bits per heavy atom. The molecule has 0 radical (unpaired) electrons. The van der Waals surface area contributed by atoms with Crippen LogP contribution in [0.15, 0.2) is 42.5 Å². The normalized spacial score (nSPS) is 15.0. The van der Waals surface area contributed by atoms with Crippen molar-refractivity contribution in [1.29, 1.82) is 0 Å². The topological polar surface area (TPSA) is 46.1 Å². The van der Waals surface area contributed by atoms with Gasteiger partial charge in [-0.15, -0.1) is 10.2 Å². The average molecular weight is 399 g/mol. The van der Waals surface area contributed by atoms with E-state index in [2.05, 4.69) is 10.2 Å². The molecule has 28 heavy (non-hydrogen) atoms. The van der Waals surface area contributed by atoms with E-state index in [-0.39, 0.29) is 17.4 Å². The van der Waals surface area contributed by atoms with Gasteiger partial charge < -0.3 is 4.90 Å². The molecule has 4 nitrogen and oxygen atoms in total. The smallest absolute Gasteiger partial charge is 0.253 e. The molecule has 1 aromatic heterocycles. The van der Waals surface area contributed by atoms with E-state index in [0.29, 0.717) is 23.7 Å². The number of halogens is 2. The second-order valence-electron chi connectivity index (χ2n) is 7.00. The molecule has 7 heteroatoms. The number of benzene rings is 2. The number of carbonyl (C=O) groups is 1.